The molecule has 1 aromatic rings. The molecule has 1 aromatic carbocycles. The maximum atomic E-state index is 3.65. The minimum atomic E-state index is 0.715. The summed E-state index contributed by atoms with van der Waals surface area (Å²) in [5, 5.41) is 3.65. The molecule has 2 fully saturated rings. The van der Waals surface area contributed by atoms with Gasteiger partial charge in [0.1, 0.15) is 0 Å². The number of hydrogen-bond acceptors (Lipinski definition) is 2. The molecule has 1 N–H and O–H groups in total. The summed E-state index contributed by atoms with van der Waals surface area (Å²) in [6.07, 6.45) is 2.69. The second-order valence-electron chi connectivity index (χ2n) is 4.52. The van der Waals surface area contributed by atoms with Gasteiger partial charge in [-0.25, -0.2) is 0 Å². The van der Waals surface area contributed by atoms with Crippen LogP contribution in [0, 0.1) is 0 Å². The molecule has 3 rings (SSSR count). The van der Waals surface area contributed by atoms with Crippen LogP contribution in [0.25, 0.3) is 0 Å². The van der Waals surface area contributed by atoms with Crippen molar-refractivity contribution < 1.29 is 0 Å². The van der Waals surface area contributed by atoms with Gasteiger partial charge in [0, 0.05) is 35.3 Å². The van der Waals surface area contributed by atoms with E-state index in [0.29, 0.717) is 12.1 Å². The number of fused-ring (bicyclic) bond motifs is 2. The molecule has 0 aromatic heterocycles. The van der Waals surface area contributed by atoms with E-state index in [4.69, 9.17) is 0 Å². The Hall–Kier alpha value is -0.540. The second kappa shape index (κ2) is 3.80. The molecule has 0 aliphatic carbocycles. The minimum absolute atomic E-state index is 0.715. The second-order valence-corrected chi connectivity index (χ2v) is 5.43. The fourth-order valence-electron chi connectivity index (χ4n) is 2.66. The predicted octanol–water partition coefficient (Wildman–Crippen LogP) is 2.39. The van der Waals surface area contributed by atoms with Gasteiger partial charge in [0.05, 0.1) is 0 Å². The maximum absolute atomic E-state index is 3.65. The van der Waals surface area contributed by atoms with Gasteiger partial charge in [-0.2, -0.15) is 0 Å². The van der Waals surface area contributed by atoms with Gasteiger partial charge >= 0.3 is 0 Å². The lowest BCUT2D eigenvalue weighted by Crippen LogP contribution is -2.51. The molecule has 2 unspecified atom stereocenters. The van der Waals surface area contributed by atoms with Crippen LogP contribution < -0.4 is 10.2 Å². The van der Waals surface area contributed by atoms with Gasteiger partial charge in [0.15, 0.2) is 0 Å². The standard InChI is InChI=1S/C12H15BrN2/c13-9-1-5-12(6-2-9)15-7-10-3-4-11(8-15)14-10/h1-2,5-6,10-11,14H,3-4,7-8H2. The molecular weight excluding hydrogens is 252 g/mol. The molecular formula is C12H15BrN2. The van der Waals surface area contributed by atoms with Crippen molar-refractivity contribution in [1.29, 1.82) is 0 Å². The number of rotatable bonds is 1. The average molecular weight is 267 g/mol. The molecule has 2 atom stereocenters. The third-order valence-electron chi connectivity index (χ3n) is 3.41. The molecule has 2 saturated heterocycles. The first-order valence-electron chi connectivity index (χ1n) is 5.58. The normalized spacial score (nSPS) is 29.5. The summed E-state index contributed by atoms with van der Waals surface area (Å²) in [7, 11) is 0. The number of piperazine rings is 1. The van der Waals surface area contributed by atoms with Crippen molar-refractivity contribution in [3.8, 4) is 0 Å². The van der Waals surface area contributed by atoms with Gasteiger partial charge in [-0.1, -0.05) is 15.9 Å². The number of nitrogens with one attached hydrogen (secondary N) is 1. The number of nitrogens with zero attached hydrogens (tertiary/aromatic N) is 1. The van der Waals surface area contributed by atoms with Crippen molar-refractivity contribution in [2.45, 2.75) is 24.9 Å². The van der Waals surface area contributed by atoms with Gasteiger partial charge in [-0.3, -0.25) is 0 Å². The van der Waals surface area contributed by atoms with E-state index in [2.05, 4.69) is 50.4 Å². The van der Waals surface area contributed by atoms with Crippen molar-refractivity contribution in [2.24, 2.45) is 0 Å². The van der Waals surface area contributed by atoms with Crippen LogP contribution in [0.2, 0.25) is 0 Å². The molecule has 0 radical (unpaired) electrons. The zero-order valence-corrected chi connectivity index (χ0v) is 10.2. The van der Waals surface area contributed by atoms with Gasteiger partial charge in [0.2, 0.25) is 0 Å². The number of halogens is 1. The predicted molar refractivity (Wildman–Crippen MR) is 66.3 cm³/mol. The van der Waals surface area contributed by atoms with Crippen molar-refractivity contribution in [2.75, 3.05) is 18.0 Å². The maximum Gasteiger partial charge on any atom is 0.0368 e. The van der Waals surface area contributed by atoms with Crippen molar-refractivity contribution >= 4 is 21.6 Å². The molecule has 0 spiro atoms. The molecule has 2 aliphatic heterocycles. The summed E-state index contributed by atoms with van der Waals surface area (Å²) < 4.78 is 1.16. The van der Waals surface area contributed by atoms with Crippen LogP contribution in [0.3, 0.4) is 0 Å². The monoisotopic (exact) mass is 266 g/mol. The number of hydrogen-bond donors (Lipinski definition) is 1. The molecule has 0 amide bonds. The van der Waals surface area contributed by atoms with E-state index in [9.17, 15) is 0 Å². The van der Waals surface area contributed by atoms with Crippen LogP contribution in [-0.4, -0.2) is 25.2 Å². The highest BCUT2D eigenvalue weighted by molar-refractivity contribution is 9.10. The van der Waals surface area contributed by atoms with Crippen LogP contribution >= 0.6 is 15.9 Å². The minimum Gasteiger partial charge on any atom is -0.368 e. The SMILES string of the molecule is Brc1ccc(N2CC3CCC(C2)N3)cc1. The topological polar surface area (TPSA) is 15.3 Å². The van der Waals surface area contributed by atoms with Crippen molar-refractivity contribution in [1.82, 2.24) is 5.32 Å². The summed E-state index contributed by atoms with van der Waals surface area (Å²) >= 11 is 3.47. The average Bonchev–Trinajstić information content (AvgIpc) is 2.59. The van der Waals surface area contributed by atoms with Crippen LogP contribution in [-0.2, 0) is 0 Å². The highest BCUT2D eigenvalue weighted by atomic mass is 79.9. The van der Waals surface area contributed by atoms with E-state index in [1.807, 2.05) is 0 Å². The van der Waals surface area contributed by atoms with Crippen LogP contribution in [0.4, 0.5) is 5.69 Å². The largest absolute Gasteiger partial charge is 0.368 e. The first kappa shape index (κ1) is 9.67. The zero-order valence-electron chi connectivity index (χ0n) is 8.62. The first-order chi connectivity index (χ1) is 7.31. The third-order valence-corrected chi connectivity index (χ3v) is 3.94. The highest BCUT2D eigenvalue weighted by Gasteiger charge is 2.31. The van der Waals surface area contributed by atoms with Crippen molar-refractivity contribution in [3.05, 3.63) is 28.7 Å². The summed E-state index contributed by atoms with van der Waals surface area (Å²) in [6.45, 7) is 2.33. The van der Waals surface area contributed by atoms with E-state index in [1.54, 1.807) is 0 Å². The van der Waals surface area contributed by atoms with E-state index >= 15 is 0 Å². The Bertz CT molecular complexity index is 337. The lowest BCUT2D eigenvalue weighted by atomic mass is 10.2. The molecule has 2 bridgehead atoms. The van der Waals surface area contributed by atoms with Gasteiger partial charge < -0.3 is 10.2 Å². The lowest BCUT2D eigenvalue weighted by Gasteiger charge is -2.34. The van der Waals surface area contributed by atoms with E-state index in [0.717, 1.165) is 17.6 Å². The smallest absolute Gasteiger partial charge is 0.0368 e. The fraction of sp³-hybridized carbons (Fsp3) is 0.500. The number of benzene rings is 1. The Labute approximate surface area is 98.8 Å². The van der Waals surface area contributed by atoms with Crippen LogP contribution in [0.1, 0.15) is 12.8 Å². The Kier molecular flexibility index (Phi) is 2.45. The molecule has 2 aliphatic rings. The Morgan fingerprint density at radius 1 is 1.07 bits per heavy atom. The van der Waals surface area contributed by atoms with Gasteiger partial charge in [-0.05, 0) is 37.1 Å². The van der Waals surface area contributed by atoms with Crippen molar-refractivity contribution in [3.63, 3.8) is 0 Å². The summed E-state index contributed by atoms with van der Waals surface area (Å²) in [5.74, 6) is 0. The number of anilines is 1. The first-order valence-corrected chi connectivity index (χ1v) is 6.37. The van der Waals surface area contributed by atoms with E-state index in [1.165, 1.54) is 18.5 Å². The Balaban J connectivity index is 1.80. The van der Waals surface area contributed by atoms with E-state index < -0.39 is 0 Å². The highest BCUT2D eigenvalue weighted by Crippen LogP contribution is 2.26. The molecule has 80 valence electrons. The molecule has 2 heterocycles. The summed E-state index contributed by atoms with van der Waals surface area (Å²) in [6, 6.07) is 10.1. The van der Waals surface area contributed by atoms with Gasteiger partial charge in [0.25, 0.3) is 0 Å². The molecule has 3 heteroatoms. The van der Waals surface area contributed by atoms with Crippen LogP contribution in [0.15, 0.2) is 28.7 Å². The fourth-order valence-corrected chi connectivity index (χ4v) is 2.92. The van der Waals surface area contributed by atoms with E-state index in [-0.39, 0.29) is 0 Å². The quantitative estimate of drug-likeness (QED) is 0.840. The molecule has 0 saturated carbocycles. The van der Waals surface area contributed by atoms with Gasteiger partial charge in [-0.15, -0.1) is 0 Å². The molecule has 15 heavy (non-hydrogen) atoms. The zero-order chi connectivity index (χ0) is 10.3. The van der Waals surface area contributed by atoms with Crippen LogP contribution in [0.5, 0.6) is 0 Å². The third kappa shape index (κ3) is 1.91. The Morgan fingerprint density at radius 2 is 1.67 bits per heavy atom. The lowest BCUT2D eigenvalue weighted by molar-refractivity contribution is 0.466. The Morgan fingerprint density at radius 3 is 2.27 bits per heavy atom. The molecule has 2 nitrogen and oxygen atoms in total. The summed E-state index contributed by atoms with van der Waals surface area (Å²) in [4.78, 5) is 2.51. The summed E-state index contributed by atoms with van der Waals surface area (Å²) in [5.41, 5.74) is 1.36.